The van der Waals surface area contributed by atoms with Crippen LogP contribution >= 0.6 is 0 Å². The second-order valence-corrected chi connectivity index (χ2v) is 2.31. The molecule has 9 heavy (non-hydrogen) atoms. The maximum Gasteiger partial charge on any atom is 0.225 e. The highest BCUT2D eigenvalue weighted by Crippen LogP contribution is 2.09. The Morgan fingerprint density at radius 3 is 3.00 bits per heavy atom. The summed E-state index contributed by atoms with van der Waals surface area (Å²) in [6.07, 6.45) is 1.83. The molecule has 1 aliphatic heterocycles. The largest absolute Gasteiger partial charge is 0.396 e. The average Bonchev–Trinajstić information content (AvgIpc) is 1.89. The van der Waals surface area contributed by atoms with Gasteiger partial charge in [0, 0.05) is 6.54 Å². The zero-order valence-electron chi connectivity index (χ0n) is 5.26. The third-order valence-corrected chi connectivity index (χ3v) is 1.62. The van der Waals surface area contributed by atoms with Crippen molar-refractivity contribution >= 4 is 5.91 Å². The van der Waals surface area contributed by atoms with Gasteiger partial charge in [-0.15, -0.1) is 0 Å². The van der Waals surface area contributed by atoms with E-state index in [-0.39, 0.29) is 18.4 Å². The molecular weight excluding hydrogens is 118 g/mol. The van der Waals surface area contributed by atoms with E-state index >= 15 is 0 Å². The highest BCUT2D eigenvalue weighted by Gasteiger charge is 2.19. The molecule has 0 aliphatic carbocycles. The van der Waals surface area contributed by atoms with E-state index in [1.54, 1.807) is 0 Å². The second-order valence-electron chi connectivity index (χ2n) is 2.31. The third-order valence-electron chi connectivity index (χ3n) is 1.62. The van der Waals surface area contributed by atoms with E-state index in [1.165, 1.54) is 0 Å². The first-order valence-electron chi connectivity index (χ1n) is 3.23. The summed E-state index contributed by atoms with van der Waals surface area (Å²) >= 11 is 0. The first-order valence-corrected chi connectivity index (χ1v) is 3.23. The van der Waals surface area contributed by atoms with Crippen molar-refractivity contribution in [2.75, 3.05) is 13.2 Å². The number of amides is 1. The molecule has 0 aromatic carbocycles. The molecule has 1 saturated heterocycles. The number of aliphatic hydroxyl groups excluding tert-OH is 1. The van der Waals surface area contributed by atoms with E-state index in [9.17, 15) is 4.79 Å². The van der Waals surface area contributed by atoms with Crippen LogP contribution in [0, 0.1) is 5.92 Å². The maximum absolute atomic E-state index is 10.8. The minimum atomic E-state index is -0.140. The molecule has 2 N–H and O–H groups in total. The van der Waals surface area contributed by atoms with Gasteiger partial charge in [0.1, 0.15) is 0 Å². The van der Waals surface area contributed by atoms with Crippen LogP contribution in [0.4, 0.5) is 0 Å². The van der Waals surface area contributed by atoms with Gasteiger partial charge in [-0.05, 0) is 12.8 Å². The number of carbonyl (C=O) groups is 1. The van der Waals surface area contributed by atoms with Gasteiger partial charge in [-0.3, -0.25) is 4.79 Å². The van der Waals surface area contributed by atoms with Crippen molar-refractivity contribution in [2.24, 2.45) is 5.92 Å². The Labute approximate surface area is 54.1 Å². The van der Waals surface area contributed by atoms with Crippen LogP contribution in [-0.2, 0) is 4.79 Å². The van der Waals surface area contributed by atoms with Crippen molar-refractivity contribution in [3.63, 3.8) is 0 Å². The Balaban J connectivity index is 2.39. The molecule has 1 heterocycles. The summed E-state index contributed by atoms with van der Waals surface area (Å²) in [5.41, 5.74) is 0. The molecule has 1 atom stereocenters. The summed E-state index contributed by atoms with van der Waals surface area (Å²) < 4.78 is 0. The average molecular weight is 129 g/mol. The Morgan fingerprint density at radius 2 is 2.56 bits per heavy atom. The van der Waals surface area contributed by atoms with Gasteiger partial charge in [-0.2, -0.15) is 0 Å². The molecule has 1 fully saturated rings. The lowest BCUT2D eigenvalue weighted by atomic mass is 10.0. The molecule has 0 aromatic rings. The van der Waals surface area contributed by atoms with Crippen LogP contribution in [0.25, 0.3) is 0 Å². The number of piperidine rings is 1. The summed E-state index contributed by atoms with van der Waals surface area (Å²) in [5, 5.41) is 11.3. The molecule has 0 unspecified atom stereocenters. The minimum absolute atomic E-state index is 0.00347. The van der Waals surface area contributed by atoms with Gasteiger partial charge in [0.15, 0.2) is 0 Å². The van der Waals surface area contributed by atoms with Crippen molar-refractivity contribution < 1.29 is 9.90 Å². The highest BCUT2D eigenvalue weighted by molar-refractivity contribution is 5.79. The Morgan fingerprint density at radius 1 is 1.78 bits per heavy atom. The predicted molar refractivity (Wildman–Crippen MR) is 32.8 cm³/mol. The van der Waals surface area contributed by atoms with Crippen LogP contribution in [0.15, 0.2) is 0 Å². The topological polar surface area (TPSA) is 49.3 Å². The van der Waals surface area contributed by atoms with E-state index < -0.39 is 0 Å². The number of hydrogen-bond donors (Lipinski definition) is 2. The number of aliphatic hydroxyl groups is 1. The van der Waals surface area contributed by atoms with Crippen LogP contribution in [0.5, 0.6) is 0 Å². The van der Waals surface area contributed by atoms with Crippen LogP contribution < -0.4 is 5.32 Å². The Hall–Kier alpha value is -0.570. The molecule has 1 amide bonds. The first-order chi connectivity index (χ1) is 4.34. The molecule has 0 radical (unpaired) electrons. The zero-order valence-corrected chi connectivity index (χ0v) is 5.26. The SMILES string of the molecule is O=C1NCCC[C@@H]1CO. The molecule has 3 heteroatoms. The number of carbonyl (C=O) groups excluding carboxylic acids is 1. The Bertz CT molecular complexity index is 114. The van der Waals surface area contributed by atoms with Crippen LogP contribution in [-0.4, -0.2) is 24.2 Å². The summed E-state index contributed by atoms with van der Waals surface area (Å²) in [5.74, 6) is -0.137. The van der Waals surface area contributed by atoms with Gasteiger partial charge in [0.2, 0.25) is 5.91 Å². The molecule has 3 nitrogen and oxygen atoms in total. The van der Waals surface area contributed by atoms with Gasteiger partial charge in [0.05, 0.1) is 12.5 Å². The molecule has 0 saturated carbocycles. The number of rotatable bonds is 1. The number of hydrogen-bond acceptors (Lipinski definition) is 2. The summed E-state index contributed by atoms with van der Waals surface area (Å²) in [7, 11) is 0. The lowest BCUT2D eigenvalue weighted by Gasteiger charge is -2.18. The van der Waals surface area contributed by atoms with E-state index in [0.717, 1.165) is 19.4 Å². The summed E-state index contributed by atoms with van der Waals surface area (Å²) in [6, 6.07) is 0. The van der Waals surface area contributed by atoms with Crippen LogP contribution in [0.1, 0.15) is 12.8 Å². The quantitative estimate of drug-likeness (QED) is 0.501. The highest BCUT2D eigenvalue weighted by atomic mass is 16.3. The third kappa shape index (κ3) is 1.42. The van der Waals surface area contributed by atoms with Gasteiger partial charge in [0.25, 0.3) is 0 Å². The standard InChI is InChI=1S/C6H11NO2/c8-4-5-2-1-3-7-6(5)9/h5,8H,1-4H2,(H,7,9)/t5-/m1/s1. The van der Waals surface area contributed by atoms with Crippen molar-refractivity contribution in [3.8, 4) is 0 Å². The lowest BCUT2D eigenvalue weighted by molar-refractivity contribution is -0.127. The normalized spacial score (nSPS) is 27.7. The van der Waals surface area contributed by atoms with Gasteiger partial charge < -0.3 is 10.4 Å². The molecule has 0 bridgehead atoms. The van der Waals surface area contributed by atoms with Gasteiger partial charge in [-0.1, -0.05) is 0 Å². The van der Waals surface area contributed by atoms with Crippen LogP contribution in [0.2, 0.25) is 0 Å². The molecule has 1 aliphatic rings. The molecule has 0 spiro atoms. The Kier molecular flexibility index (Phi) is 2.05. The zero-order chi connectivity index (χ0) is 6.69. The maximum atomic E-state index is 10.8. The fraction of sp³-hybridized carbons (Fsp3) is 0.833. The van der Waals surface area contributed by atoms with Crippen molar-refractivity contribution in [1.82, 2.24) is 5.32 Å². The van der Waals surface area contributed by atoms with Crippen molar-refractivity contribution in [2.45, 2.75) is 12.8 Å². The predicted octanol–water partition coefficient (Wildman–Crippen LogP) is -0.495. The fourth-order valence-corrected chi connectivity index (χ4v) is 1.01. The molecule has 52 valence electrons. The smallest absolute Gasteiger partial charge is 0.225 e. The second kappa shape index (κ2) is 2.82. The van der Waals surface area contributed by atoms with Crippen LogP contribution in [0.3, 0.4) is 0 Å². The van der Waals surface area contributed by atoms with Gasteiger partial charge in [-0.25, -0.2) is 0 Å². The monoisotopic (exact) mass is 129 g/mol. The first kappa shape index (κ1) is 6.55. The molecule has 0 aromatic heterocycles. The van der Waals surface area contributed by atoms with E-state index in [2.05, 4.69) is 5.32 Å². The molecule has 1 rings (SSSR count). The fourth-order valence-electron chi connectivity index (χ4n) is 1.01. The minimum Gasteiger partial charge on any atom is -0.396 e. The lowest BCUT2D eigenvalue weighted by Crippen LogP contribution is -2.37. The van der Waals surface area contributed by atoms with Crippen molar-refractivity contribution in [1.29, 1.82) is 0 Å². The van der Waals surface area contributed by atoms with E-state index in [4.69, 9.17) is 5.11 Å². The van der Waals surface area contributed by atoms with E-state index in [0.29, 0.717) is 0 Å². The molecular formula is C6H11NO2. The van der Waals surface area contributed by atoms with Crippen molar-refractivity contribution in [3.05, 3.63) is 0 Å². The van der Waals surface area contributed by atoms with E-state index in [1.807, 2.05) is 0 Å². The van der Waals surface area contributed by atoms with Gasteiger partial charge >= 0.3 is 0 Å². The number of nitrogens with one attached hydrogen (secondary N) is 1. The summed E-state index contributed by atoms with van der Waals surface area (Å²) in [6.45, 7) is 0.765. The summed E-state index contributed by atoms with van der Waals surface area (Å²) in [4.78, 5) is 10.8.